The normalized spacial score (nSPS) is 31.1. The minimum absolute atomic E-state index is 0.0191. The molecule has 1 atom stereocenters. The van der Waals surface area contributed by atoms with Crippen molar-refractivity contribution in [2.75, 3.05) is 12.5 Å². The van der Waals surface area contributed by atoms with E-state index in [4.69, 9.17) is 0 Å². The van der Waals surface area contributed by atoms with E-state index in [1.807, 2.05) is 6.26 Å². The molecule has 1 nitrogen and oxygen atoms in total. The lowest BCUT2D eigenvalue weighted by Gasteiger charge is -2.37. The molecule has 0 radical (unpaired) electrons. The van der Waals surface area contributed by atoms with Crippen LogP contribution in [0.3, 0.4) is 0 Å². The summed E-state index contributed by atoms with van der Waals surface area (Å²) in [6.07, 6.45) is 8.46. The van der Waals surface area contributed by atoms with Gasteiger partial charge in [-0.2, -0.15) is 0 Å². The second kappa shape index (κ2) is 5.57. The van der Waals surface area contributed by atoms with Crippen LogP contribution in [0.1, 0.15) is 37.2 Å². The molecule has 94 valence electrons. The summed E-state index contributed by atoms with van der Waals surface area (Å²) in [7, 11) is -0.719. The maximum Gasteiger partial charge on any atom is 0.0903 e. The van der Waals surface area contributed by atoms with Gasteiger partial charge in [-0.3, -0.25) is 4.21 Å². The highest BCUT2D eigenvalue weighted by Crippen LogP contribution is 2.45. The molecule has 0 spiro atoms. The highest BCUT2D eigenvalue weighted by atomic mass is 32.2. The van der Waals surface area contributed by atoms with Gasteiger partial charge < -0.3 is 0 Å². The molecule has 0 saturated heterocycles. The average Bonchev–Trinajstić information content (AvgIpc) is 2.39. The Morgan fingerprint density at radius 2 is 1.82 bits per heavy atom. The van der Waals surface area contributed by atoms with Gasteiger partial charge in [0.1, 0.15) is 0 Å². The van der Waals surface area contributed by atoms with Gasteiger partial charge in [0.2, 0.25) is 0 Å². The largest absolute Gasteiger partial charge is 0.258 e. The Morgan fingerprint density at radius 3 is 2.29 bits per heavy atom. The van der Waals surface area contributed by atoms with Crippen molar-refractivity contribution >= 4 is 22.6 Å². The van der Waals surface area contributed by atoms with E-state index < -0.39 is 10.8 Å². The predicted octanol–water partition coefficient (Wildman–Crippen LogP) is 3.78. The first-order valence-corrected chi connectivity index (χ1v) is 8.90. The number of hydrogen-bond acceptors (Lipinski definition) is 2. The topological polar surface area (TPSA) is 17.1 Å². The van der Waals surface area contributed by atoms with Crippen LogP contribution in [0.2, 0.25) is 0 Å². The van der Waals surface area contributed by atoms with Gasteiger partial charge in [0, 0.05) is 17.1 Å². The van der Waals surface area contributed by atoms with Crippen LogP contribution in [0.15, 0.2) is 30.3 Å². The minimum atomic E-state index is -0.719. The molecule has 0 aliphatic heterocycles. The first-order valence-electron chi connectivity index (χ1n) is 6.11. The third-order valence-electron chi connectivity index (χ3n) is 3.91. The summed E-state index contributed by atoms with van der Waals surface area (Å²) in [5, 5.41) is 0. The zero-order valence-corrected chi connectivity index (χ0v) is 12.2. The van der Waals surface area contributed by atoms with Crippen LogP contribution in [-0.4, -0.2) is 20.8 Å². The Labute approximate surface area is 111 Å². The van der Waals surface area contributed by atoms with Gasteiger partial charge in [-0.25, -0.2) is 0 Å². The summed E-state index contributed by atoms with van der Waals surface area (Å²) < 4.78 is 11.9. The van der Waals surface area contributed by atoms with Crippen molar-refractivity contribution in [3.05, 3.63) is 35.9 Å². The molecule has 0 heterocycles. The Balaban J connectivity index is 2.05. The quantitative estimate of drug-likeness (QED) is 0.830. The molecule has 1 unspecified atom stereocenters. The zero-order chi connectivity index (χ0) is 12.3. The second-order valence-corrected chi connectivity index (χ2v) is 7.89. The van der Waals surface area contributed by atoms with Crippen molar-refractivity contribution in [3.8, 4) is 0 Å². The maximum absolute atomic E-state index is 11.9. The van der Waals surface area contributed by atoms with E-state index in [0.29, 0.717) is 5.92 Å². The lowest BCUT2D eigenvalue weighted by Crippen LogP contribution is -2.34. The predicted molar refractivity (Wildman–Crippen MR) is 78.0 cm³/mol. The average molecular weight is 268 g/mol. The van der Waals surface area contributed by atoms with E-state index >= 15 is 0 Å². The Morgan fingerprint density at radius 1 is 1.24 bits per heavy atom. The van der Waals surface area contributed by atoms with E-state index in [1.54, 1.807) is 11.8 Å². The molecule has 17 heavy (non-hydrogen) atoms. The van der Waals surface area contributed by atoms with Crippen molar-refractivity contribution in [1.82, 2.24) is 0 Å². The molecule has 1 aromatic carbocycles. The Kier molecular flexibility index (Phi) is 4.31. The zero-order valence-electron chi connectivity index (χ0n) is 10.5. The van der Waals surface area contributed by atoms with Crippen molar-refractivity contribution in [3.63, 3.8) is 0 Å². The summed E-state index contributed by atoms with van der Waals surface area (Å²) in [6, 6.07) is 10.7. The highest BCUT2D eigenvalue weighted by molar-refractivity contribution is 8.11. The van der Waals surface area contributed by atoms with Gasteiger partial charge in [-0.15, -0.1) is 11.8 Å². The van der Waals surface area contributed by atoms with Gasteiger partial charge in [0.25, 0.3) is 0 Å². The van der Waals surface area contributed by atoms with Crippen LogP contribution in [0.4, 0.5) is 0 Å². The van der Waals surface area contributed by atoms with Crippen molar-refractivity contribution in [2.45, 2.75) is 35.7 Å². The highest BCUT2D eigenvalue weighted by Gasteiger charge is 2.38. The van der Waals surface area contributed by atoms with Crippen molar-refractivity contribution < 1.29 is 4.21 Å². The van der Waals surface area contributed by atoms with Gasteiger partial charge in [-0.05, 0) is 43.4 Å². The monoisotopic (exact) mass is 268 g/mol. The van der Waals surface area contributed by atoms with E-state index in [9.17, 15) is 4.21 Å². The van der Waals surface area contributed by atoms with Crippen LogP contribution < -0.4 is 0 Å². The fraction of sp³-hybridized carbons (Fsp3) is 0.571. The standard InChI is InChI=1S/C14H20OS2/c1-16-14(17(2)15)10-8-13(9-11-14)12-6-4-3-5-7-12/h3-7,13H,8-11H2,1-2H3. The fourth-order valence-corrected chi connectivity index (χ4v) is 5.12. The molecule has 2 rings (SSSR count). The molecule has 1 aromatic rings. The SMILES string of the molecule is CSC1(S(C)=O)CCC(c2ccccc2)CC1. The lowest BCUT2D eigenvalue weighted by molar-refractivity contribution is 0.427. The molecule has 3 heteroatoms. The number of thioether (sulfide) groups is 1. The molecule has 1 aliphatic carbocycles. The summed E-state index contributed by atoms with van der Waals surface area (Å²) in [4.78, 5) is 0. The lowest BCUT2D eigenvalue weighted by atomic mass is 9.83. The first kappa shape index (κ1) is 13.2. The third-order valence-corrected chi connectivity index (χ3v) is 7.73. The Hall–Kier alpha value is -0.280. The van der Waals surface area contributed by atoms with E-state index in [2.05, 4.69) is 36.6 Å². The maximum atomic E-state index is 11.9. The summed E-state index contributed by atoms with van der Waals surface area (Å²) in [5.74, 6) is 0.667. The third kappa shape index (κ3) is 2.76. The van der Waals surface area contributed by atoms with Crippen molar-refractivity contribution in [1.29, 1.82) is 0 Å². The van der Waals surface area contributed by atoms with Crippen LogP contribution >= 0.6 is 11.8 Å². The van der Waals surface area contributed by atoms with Crippen LogP contribution in [0.5, 0.6) is 0 Å². The first-order chi connectivity index (χ1) is 8.18. The molecule has 0 amide bonds. The van der Waals surface area contributed by atoms with Crippen LogP contribution in [0.25, 0.3) is 0 Å². The molecule has 0 N–H and O–H groups in total. The molecular formula is C14H20OS2. The van der Waals surface area contributed by atoms with E-state index in [-0.39, 0.29) is 4.08 Å². The number of benzene rings is 1. The van der Waals surface area contributed by atoms with Gasteiger partial charge >= 0.3 is 0 Å². The molecule has 1 saturated carbocycles. The Bertz CT molecular complexity index is 380. The molecular weight excluding hydrogens is 248 g/mol. The van der Waals surface area contributed by atoms with Gasteiger partial charge in [0.05, 0.1) is 4.08 Å². The number of rotatable bonds is 3. The summed E-state index contributed by atoms with van der Waals surface area (Å²) >= 11 is 1.80. The van der Waals surface area contributed by atoms with E-state index in [0.717, 1.165) is 12.8 Å². The van der Waals surface area contributed by atoms with Gasteiger partial charge in [0.15, 0.2) is 0 Å². The van der Waals surface area contributed by atoms with Gasteiger partial charge in [-0.1, -0.05) is 30.3 Å². The van der Waals surface area contributed by atoms with E-state index in [1.165, 1.54) is 18.4 Å². The summed E-state index contributed by atoms with van der Waals surface area (Å²) in [5.41, 5.74) is 1.45. The molecule has 0 bridgehead atoms. The smallest absolute Gasteiger partial charge is 0.0903 e. The van der Waals surface area contributed by atoms with Crippen LogP contribution in [-0.2, 0) is 10.8 Å². The molecule has 1 fully saturated rings. The summed E-state index contributed by atoms with van der Waals surface area (Å²) in [6.45, 7) is 0. The molecule has 0 aromatic heterocycles. The fourth-order valence-electron chi connectivity index (χ4n) is 2.73. The van der Waals surface area contributed by atoms with Crippen molar-refractivity contribution in [2.24, 2.45) is 0 Å². The molecule has 1 aliphatic rings. The number of hydrogen-bond donors (Lipinski definition) is 0. The van der Waals surface area contributed by atoms with Crippen LogP contribution in [0, 0.1) is 0 Å². The minimum Gasteiger partial charge on any atom is -0.258 e. The second-order valence-electron chi connectivity index (χ2n) is 4.75.